The highest BCUT2D eigenvalue weighted by molar-refractivity contribution is 9.10. The lowest BCUT2D eigenvalue weighted by atomic mass is 10.1. The number of hydrogen-bond donors (Lipinski definition) is 2. The Balaban J connectivity index is 1.51. The fourth-order valence-electron chi connectivity index (χ4n) is 2.79. The molecule has 2 aromatic heterocycles. The number of thiophene rings is 1. The third-order valence-corrected chi connectivity index (χ3v) is 5.70. The van der Waals surface area contributed by atoms with Crippen molar-refractivity contribution < 1.29 is 4.79 Å². The maximum absolute atomic E-state index is 12.0. The molecule has 134 valence electrons. The van der Waals surface area contributed by atoms with Gasteiger partial charge in [0.15, 0.2) is 0 Å². The zero-order valence-electron chi connectivity index (χ0n) is 14.2. The van der Waals surface area contributed by atoms with Gasteiger partial charge in [-0.1, -0.05) is 0 Å². The lowest BCUT2D eigenvalue weighted by Crippen LogP contribution is -2.31. The minimum Gasteiger partial charge on any atom is -0.356 e. The molecular weight excluding hydrogens is 402 g/mol. The van der Waals surface area contributed by atoms with Crippen LogP contribution in [0.5, 0.6) is 0 Å². The normalized spacial score (nSPS) is 14.4. The Hall–Kier alpha value is -1.67. The maximum atomic E-state index is 12.0. The van der Waals surface area contributed by atoms with E-state index in [1.165, 1.54) is 30.6 Å². The summed E-state index contributed by atoms with van der Waals surface area (Å²) in [6.45, 7) is 5.20. The first-order valence-electron chi connectivity index (χ1n) is 8.48. The quantitative estimate of drug-likeness (QED) is 0.696. The smallest absolute Gasteiger partial charge is 0.261 e. The molecule has 0 spiro atoms. The van der Waals surface area contributed by atoms with Gasteiger partial charge in [0.25, 0.3) is 5.91 Å². The number of nitrogens with zero attached hydrogens (tertiary/aromatic N) is 3. The van der Waals surface area contributed by atoms with Crippen LogP contribution in [0.1, 0.15) is 34.6 Å². The summed E-state index contributed by atoms with van der Waals surface area (Å²) in [5, 5.41) is 8.00. The molecule has 3 heterocycles. The minimum absolute atomic E-state index is 0.0586. The van der Waals surface area contributed by atoms with Crippen LogP contribution in [-0.2, 0) is 0 Å². The number of nitrogens with one attached hydrogen (secondary N) is 2. The standard InChI is InChI=1S/C17H22BrN5OS/c1-12-9-15(23-7-3-2-4-8-23)22-17(21-12)20-6-5-19-16(24)14-10-13(18)11-25-14/h9-11H,2-8H2,1H3,(H,19,24)(H,20,21,22). The van der Waals surface area contributed by atoms with Gasteiger partial charge in [-0.25, -0.2) is 4.98 Å². The van der Waals surface area contributed by atoms with E-state index in [0.29, 0.717) is 23.9 Å². The van der Waals surface area contributed by atoms with E-state index >= 15 is 0 Å². The van der Waals surface area contributed by atoms with Crippen LogP contribution in [-0.4, -0.2) is 42.1 Å². The van der Waals surface area contributed by atoms with Gasteiger partial charge >= 0.3 is 0 Å². The Bertz CT molecular complexity index is 730. The first-order chi connectivity index (χ1) is 12.1. The van der Waals surface area contributed by atoms with Crippen LogP contribution in [0.4, 0.5) is 11.8 Å². The Morgan fingerprint density at radius 1 is 1.24 bits per heavy atom. The summed E-state index contributed by atoms with van der Waals surface area (Å²) in [6, 6.07) is 3.86. The number of amides is 1. The van der Waals surface area contributed by atoms with Crippen LogP contribution in [0.25, 0.3) is 0 Å². The van der Waals surface area contributed by atoms with Crippen molar-refractivity contribution in [3.05, 3.63) is 32.6 Å². The minimum atomic E-state index is -0.0586. The van der Waals surface area contributed by atoms with Gasteiger partial charge in [-0.3, -0.25) is 4.79 Å². The third kappa shape index (κ3) is 5.15. The summed E-state index contributed by atoms with van der Waals surface area (Å²) in [5.41, 5.74) is 0.950. The predicted octanol–water partition coefficient (Wildman–Crippen LogP) is 3.44. The number of carbonyl (C=O) groups is 1. The number of piperidine rings is 1. The number of rotatable bonds is 6. The molecule has 1 aliphatic rings. The van der Waals surface area contributed by atoms with E-state index in [2.05, 4.69) is 41.4 Å². The Kier molecular flexibility index (Phi) is 6.25. The van der Waals surface area contributed by atoms with Crippen molar-refractivity contribution in [3.8, 4) is 0 Å². The van der Waals surface area contributed by atoms with Crippen LogP contribution in [0.3, 0.4) is 0 Å². The van der Waals surface area contributed by atoms with Crippen molar-refractivity contribution in [3.63, 3.8) is 0 Å². The molecule has 3 rings (SSSR count). The summed E-state index contributed by atoms with van der Waals surface area (Å²) in [7, 11) is 0. The summed E-state index contributed by atoms with van der Waals surface area (Å²) < 4.78 is 0.930. The predicted molar refractivity (Wildman–Crippen MR) is 106 cm³/mol. The number of hydrogen-bond acceptors (Lipinski definition) is 6. The molecule has 2 N–H and O–H groups in total. The fraction of sp³-hybridized carbons (Fsp3) is 0.471. The second kappa shape index (κ2) is 8.62. The lowest BCUT2D eigenvalue weighted by Gasteiger charge is -2.28. The Labute approximate surface area is 160 Å². The number of anilines is 2. The van der Waals surface area contributed by atoms with E-state index in [1.807, 2.05) is 24.4 Å². The molecule has 6 nitrogen and oxygen atoms in total. The highest BCUT2D eigenvalue weighted by atomic mass is 79.9. The van der Waals surface area contributed by atoms with Gasteiger partial charge in [-0.15, -0.1) is 11.3 Å². The molecule has 2 aromatic rings. The average molecular weight is 424 g/mol. The molecule has 1 aliphatic heterocycles. The van der Waals surface area contributed by atoms with Crippen LogP contribution in [0.2, 0.25) is 0 Å². The monoisotopic (exact) mass is 423 g/mol. The maximum Gasteiger partial charge on any atom is 0.261 e. The number of carbonyl (C=O) groups excluding carboxylic acids is 1. The first-order valence-corrected chi connectivity index (χ1v) is 10.2. The van der Waals surface area contributed by atoms with E-state index in [4.69, 9.17) is 0 Å². The van der Waals surface area contributed by atoms with Gasteiger partial charge in [0.05, 0.1) is 4.88 Å². The summed E-state index contributed by atoms with van der Waals surface area (Å²) in [5.74, 6) is 1.55. The van der Waals surface area contributed by atoms with Crippen LogP contribution in [0.15, 0.2) is 22.0 Å². The highest BCUT2D eigenvalue weighted by Crippen LogP contribution is 2.20. The molecule has 0 radical (unpaired) electrons. The fourth-order valence-corrected chi connectivity index (χ4v) is 4.13. The molecule has 0 aromatic carbocycles. The van der Waals surface area contributed by atoms with Gasteiger partial charge in [-0.05, 0) is 48.2 Å². The van der Waals surface area contributed by atoms with Gasteiger partial charge in [0.1, 0.15) is 5.82 Å². The largest absolute Gasteiger partial charge is 0.356 e. The van der Waals surface area contributed by atoms with E-state index in [0.717, 1.165) is 29.1 Å². The Morgan fingerprint density at radius 3 is 2.76 bits per heavy atom. The van der Waals surface area contributed by atoms with Crippen LogP contribution in [0, 0.1) is 6.92 Å². The molecule has 1 saturated heterocycles. The van der Waals surface area contributed by atoms with E-state index in [-0.39, 0.29) is 5.91 Å². The molecule has 1 fully saturated rings. The van der Waals surface area contributed by atoms with Gasteiger partial charge in [0, 0.05) is 47.8 Å². The first kappa shape index (κ1) is 18.1. The van der Waals surface area contributed by atoms with Crippen molar-refractivity contribution in [2.45, 2.75) is 26.2 Å². The molecule has 0 bridgehead atoms. The third-order valence-electron chi connectivity index (χ3n) is 4.01. The zero-order chi connectivity index (χ0) is 17.6. The van der Waals surface area contributed by atoms with Crippen molar-refractivity contribution in [2.24, 2.45) is 0 Å². The molecule has 0 unspecified atom stereocenters. The SMILES string of the molecule is Cc1cc(N2CCCCC2)nc(NCCNC(=O)c2cc(Br)cs2)n1. The summed E-state index contributed by atoms with van der Waals surface area (Å²) in [4.78, 5) is 24.1. The van der Waals surface area contributed by atoms with Gasteiger partial charge in [0.2, 0.25) is 5.95 Å². The molecule has 0 atom stereocenters. The second-order valence-corrected chi connectivity index (χ2v) is 7.88. The highest BCUT2D eigenvalue weighted by Gasteiger charge is 2.14. The number of halogens is 1. The second-order valence-electron chi connectivity index (χ2n) is 6.05. The number of aryl methyl sites for hydroxylation is 1. The molecule has 0 aliphatic carbocycles. The molecule has 25 heavy (non-hydrogen) atoms. The number of aromatic nitrogens is 2. The van der Waals surface area contributed by atoms with Gasteiger partial charge < -0.3 is 15.5 Å². The summed E-state index contributed by atoms with van der Waals surface area (Å²) in [6.07, 6.45) is 3.74. The summed E-state index contributed by atoms with van der Waals surface area (Å²) >= 11 is 4.78. The van der Waals surface area contributed by atoms with Crippen molar-refractivity contribution in [2.75, 3.05) is 36.4 Å². The zero-order valence-corrected chi connectivity index (χ0v) is 16.6. The lowest BCUT2D eigenvalue weighted by molar-refractivity contribution is 0.0959. The molecular formula is C17H22BrN5OS. The van der Waals surface area contributed by atoms with Gasteiger partial charge in [-0.2, -0.15) is 4.98 Å². The van der Waals surface area contributed by atoms with E-state index in [1.54, 1.807) is 0 Å². The van der Waals surface area contributed by atoms with E-state index in [9.17, 15) is 4.79 Å². The van der Waals surface area contributed by atoms with Crippen molar-refractivity contribution >= 4 is 44.9 Å². The average Bonchev–Trinajstić information content (AvgIpc) is 3.05. The van der Waals surface area contributed by atoms with Crippen molar-refractivity contribution in [1.29, 1.82) is 0 Å². The van der Waals surface area contributed by atoms with E-state index < -0.39 is 0 Å². The topological polar surface area (TPSA) is 70.2 Å². The Morgan fingerprint density at radius 2 is 2.04 bits per heavy atom. The molecule has 1 amide bonds. The van der Waals surface area contributed by atoms with Crippen LogP contribution >= 0.6 is 27.3 Å². The molecule has 8 heteroatoms. The van der Waals surface area contributed by atoms with Crippen LogP contribution < -0.4 is 15.5 Å². The molecule has 0 saturated carbocycles. The van der Waals surface area contributed by atoms with Crippen molar-refractivity contribution in [1.82, 2.24) is 15.3 Å².